The number of aromatic nitrogens is 2. The van der Waals surface area contributed by atoms with E-state index in [1.54, 1.807) is 0 Å². The molecule has 0 spiro atoms. The summed E-state index contributed by atoms with van der Waals surface area (Å²) in [7, 11) is -5.49. The summed E-state index contributed by atoms with van der Waals surface area (Å²) in [5.74, 6) is 0. The van der Waals surface area contributed by atoms with Gasteiger partial charge in [-0.15, -0.1) is 0 Å². The van der Waals surface area contributed by atoms with Crippen molar-refractivity contribution >= 4 is 35.5 Å². The summed E-state index contributed by atoms with van der Waals surface area (Å²) in [6.07, 6.45) is 0.911. The molecule has 0 fully saturated rings. The van der Waals surface area contributed by atoms with E-state index in [2.05, 4.69) is 72.7 Å². The Bertz CT molecular complexity index is 2060. The SMILES string of the molecule is CC(C)(C)c1ccc(CP(=O)(c2ccccc2)c2ccccc2)[n-]1.CC(C)(C)c1ccc(CP(=O)(c2ccccc2)c2ccccc2)[n-]1.Cc1ccccc1.[Zn+2]. The van der Waals surface area contributed by atoms with E-state index in [1.165, 1.54) is 5.56 Å². The summed E-state index contributed by atoms with van der Waals surface area (Å²) in [4.78, 5) is 9.49. The Balaban J connectivity index is 0.000000209. The third-order valence-corrected chi connectivity index (χ3v) is 15.4. The van der Waals surface area contributed by atoms with Gasteiger partial charge in [0, 0.05) is 33.5 Å². The molecule has 0 radical (unpaired) electrons. The van der Waals surface area contributed by atoms with Crippen LogP contribution in [0.4, 0.5) is 0 Å². The van der Waals surface area contributed by atoms with Gasteiger partial charge in [0.05, 0.1) is 0 Å². The quantitative estimate of drug-likeness (QED) is 0.113. The van der Waals surface area contributed by atoms with Gasteiger partial charge in [-0.25, -0.2) is 0 Å². The molecule has 2 aromatic heterocycles. The predicted octanol–water partition coefficient (Wildman–Crippen LogP) is 10.9. The number of hydrogen-bond donors (Lipinski definition) is 0. The van der Waals surface area contributed by atoms with Crippen LogP contribution in [0.25, 0.3) is 0 Å². The molecule has 7 rings (SSSR count). The Kier molecular flexibility index (Phi) is 15.7. The number of rotatable bonds is 8. The van der Waals surface area contributed by atoms with Gasteiger partial charge < -0.3 is 19.1 Å². The maximum atomic E-state index is 14.0. The molecule has 0 aliphatic carbocycles. The molecule has 0 saturated heterocycles. The van der Waals surface area contributed by atoms with E-state index in [0.717, 1.165) is 44.0 Å². The molecular weight excluding hydrogens is 776 g/mol. The van der Waals surface area contributed by atoms with Crippen LogP contribution in [0, 0.1) is 6.92 Å². The van der Waals surface area contributed by atoms with Gasteiger partial charge in [-0.2, -0.15) is 22.8 Å². The number of nitrogens with zero attached hydrogens (tertiary/aromatic N) is 2. The standard InChI is InChI=1S/2C21H23NOP.C7H8.Zn/c2*1-21(2,3)20-15-14-17(22-20)16-24(23,18-10-6-4-7-11-18)19-12-8-5-9-13-19;1-7-5-3-2-4-6-7;/h2*4-15H,16H2,1-3H3;2-6H,1H3;/q2*-1;;+2. The van der Waals surface area contributed by atoms with Crippen molar-refractivity contribution in [3.05, 3.63) is 204 Å². The molecule has 0 atom stereocenters. The zero-order chi connectivity index (χ0) is 39.5. The first-order valence-corrected chi connectivity index (χ1v) is 22.7. The molecule has 7 aromatic rings. The molecule has 5 aromatic carbocycles. The van der Waals surface area contributed by atoms with Crippen LogP contribution in [0.2, 0.25) is 0 Å². The molecule has 0 bridgehead atoms. The van der Waals surface area contributed by atoms with Crippen molar-refractivity contribution in [3.63, 3.8) is 0 Å². The van der Waals surface area contributed by atoms with Crippen LogP contribution in [-0.4, -0.2) is 0 Å². The minimum Gasteiger partial charge on any atom is -0.664 e. The fourth-order valence-electron chi connectivity index (χ4n) is 6.15. The molecule has 2 heterocycles. The zero-order valence-electron chi connectivity index (χ0n) is 34.0. The molecule has 56 heavy (non-hydrogen) atoms. The Labute approximate surface area is 348 Å². The summed E-state index contributed by atoms with van der Waals surface area (Å²) >= 11 is 0. The normalized spacial score (nSPS) is 11.6. The second-order valence-electron chi connectivity index (χ2n) is 15.9. The van der Waals surface area contributed by atoms with Crippen molar-refractivity contribution in [1.82, 2.24) is 9.97 Å². The fraction of sp³-hybridized carbons (Fsp3) is 0.224. The van der Waals surface area contributed by atoms with Gasteiger partial charge in [0.25, 0.3) is 0 Å². The van der Waals surface area contributed by atoms with Gasteiger partial charge in [-0.3, -0.25) is 0 Å². The van der Waals surface area contributed by atoms with Gasteiger partial charge >= 0.3 is 19.5 Å². The van der Waals surface area contributed by atoms with Gasteiger partial charge in [0.1, 0.15) is 14.3 Å². The van der Waals surface area contributed by atoms with E-state index >= 15 is 0 Å². The molecule has 0 amide bonds. The number of benzene rings is 5. The van der Waals surface area contributed by atoms with E-state index in [-0.39, 0.29) is 30.3 Å². The molecule has 284 valence electrons. The van der Waals surface area contributed by atoms with E-state index in [4.69, 9.17) is 9.97 Å². The van der Waals surface area contributed by atoms with E-state index < -0.39 is 14.3 Å². The third kappa shape index (κ3) is 11.9. The topological polar surface area (TPSA) is 62.3 Å². The largest absolute Gasteiger partial charge is 2.00 e. The summed E-state index contributed by atoms with van der Waals surface area (Å²) in [6, 6.07) is 57.5. The molecule has 0 saturated carbocycles. The monoisotopic (exact) mass is 828 g/mol. The molecule has 0 unspecified atom stereocenters. The van der Waals surface area contributed by atoms with Crippen LogP contribution in [0.3, 0.4) is 0 Å². The van der Waals surface area contributed by atoms with E-state index in [0.29, 0.717) is 12.3 Å². The van der Waals surface area contributed by atoms with Gasteiger partial charge in [0.2, 0.25) is 0 Å². The molecule has 0 aliphatic heterocycles. The Morgan fingerprint density at radius 2 is 0.643 bits per heavy atom. The van der Waals surface area contributed by atoms with Crippen molar-refractivity contribution < 1.29 is 28.6 Å². The van der Waals surface area contributed by atoms with Crippen molar-refractivity contribution in [2.45, 2.75) is 71.6 Å². The third-order valence-electron chi connectivity index (χ3n) is 9.34. The van der Waals surface area contributed by atoms with Gasteiger partial charge in [0.15, 0.2) is 0 Å². The Morgan fingerprint density at radius 1 is 0.393 bits per heavy atom. The van der Waals surface area contributed by atoms with E-state index in [9.17, 15) is 9.13 Å². The number of aryl methyl sites for hydroxylation is 1. The average molecular weight is 830 g/mol. The fourth-order valence-corrected chi connectivity index (χ4v) is 11.4. The smallest absolute Gasteiger partial charge is 0.664 e. The first-order valence-electron chi connectivity index (χ1n) is 18.9. The van der Waals surface area contributed by atoms with Crippen LogP contribution < -0.4 is 31.2 Å². The van der Waals surface area contributed by atoms with Crippen LogP contribution in [-0.2, 0) is 51.8 Å². The van der Waals surface area contributed by atoms with Gasteiger partial charge in [-0.05, 0) is 17.8 Å². The molecule has 0 N–H and O–H groups in total. The second kappa shape index (κ2) is 19.7. The minimum absolute atomic E-state index is 0. The molecule has 0 aliphatic rings. The Hall–Kier alpha value is -4.26. The van der Waals surface area contributed by atoms with Crippen LogP contribution in [0.1, 0.15) is 69.9 Å². The van der Waals surface area contributed by atoms with Crippen molar-refractivity contribution in [1.29, 1.82) is 0 Å². The van der Waals surface area contributed by atoms with Crippen molar-refractivity contribution in [2.24, 2.45) is 0 Å². The van der Waals surface area contributed by atoms with Crippen LogP contribution >= 0.6 is 14.3 Å². The summed E-state index contributed by atoms with van der Waals surface area (Å²) in [6.45, 7) is 15.0. The average Bonchev–Trinajstić information content (AvgIpc) is 3.88. The second-order valence-corrected chi connectivity index (χ2v) is 21.6. The van der Waals surface area contributed by atoms with Crippen molar-refractivity contribution in [3.8, 4) is 0 Å². The molecule has 7 heteroatoms. The maximum Gasteiger partial charge on any atom is 2.00 e. The van der Waals surface area contributed by atoms with Crippen LogP contribution in [0.5, 0.6) is 0 Å². The predicted molar refractivity (Wildman–Crippen MR) is 235 cm³/mol. The van der Waals surface area contributed by atoms with Crippen LogP contribution in [0.15, 0.2) is 176 Å². The Morgan fingerprint density at radius 3 is 0.839 bits per heavy atom. The summed E-state index contributed by atoms with van der Waals surface area (Å²) in [5, 5.41) is 3.54. The maximum absolute atomic E-state index is 14.0. The first kappa shape index (κ1) is 44.5. The summed E-state index contributed by atoms with van der Waals surface area (Å²) in [5.41, 5.74) is 5.22. The first-order chi connectivity index (χ1) is 26.2. The zero-order valence-corrected chi connectivity index (χ0v) is 38.7. The van der Waals surface area contributed by atoms with E-state index in [1.807, 2.05) is 152 Å². The summed E-state index contributed by atoms with van der Waals surface area (Å²) < 4.78 is 28.0. The minimum atomic E-state index is -2.75. The number of hydrogen-bond acceptors (Lipinski definition) is 2. The van der Waals surface area contributed by atoms with Gasteiger partial charge in [-0.1, -0.05) is 223 Å². The molecular formula is C49H54N2O2P2Zn. The molecule has 4 nitrogen and oxygen atoms in total. The van der Waals surface area contributed by atoms with Crippen molar-refractivity contribution in [2.75, 3.05) is 0 Å².